The molecular formula is C22H37N5O2. The summed E-state index contributed by atoms with van der Waals surface area (Å²) < 4.78 is 11.3. The van der Waals surface area contributed by atoms with Crippen LogP contribution < -0.4 is 9.80 Å². The number of aryl methyl sites for hydroxylation is 1. The maximum absolute atomic E-state index is 5.78. The molecule has 3 fully saturated rings. The van der Waals surface area contributed by atoms with Gasteiger partial charge in [0.25, 0.3) is 0 Å². The van der Waals surface area contributed by atoms with Gasteiger partial charge >= 0.3 is 0 Å². The second-order valence-electron chi connectivity index (χ2n) is 9.35. The van der Waals surface area contributed by atoms with Gasteiger partial charge in [-0.05, 0) is 38.5 Å². The summed E-state index contributed by atoms with van der Waals surface area (Å²) in [5.74, 6) is 2.58. The predicted octanol–water partition coefficient (Wildman–Crippen LogP) is 2.19. The van der Waals surface area contributed by atoms with Crippen molar-refractivity contribution >= 4 is 11.8 Å². The Balaban J connectivity index is 1.51. The molecule has 2 aliphatic heterocycles. The first-order chi connectivity index (χ1) is 14.0. The van der Waals surface area contributed by atoms with Crippen LogP contribution >= 0.6 is 0 Å². The molecule has 1 aromatic heterocycles. The summed E-state index contributed by atoms with van der Waals surface area (Å²) in [7, 11) is 5.95. The lowest BCUT2D eigenvalue weighted by atomic mass is 9.62. The minimum absolute atomic E-state index is 0.211. The van der Waals surface area contributed by atoms with Gasteiger partial charge in [0.1, 0.15) is 5.82 Å². The molecule has 0 radical (unpaired) electrons. The van der Waals surface area contributed by atoms with E-state index < -0.39 is 0 Å². The van der Waals surface area contributed by atoms with Crippen LogP contribution in [0.5, 0.6) is 0 Å². The zero-order valence-corrected chi connectivity index (χ0v) is 18.6. The molecule has 0 aromatic carbocycles. The molecule has 0 N–H and O–H groups in total. The Kier molecular flexibility index (Phi) is 6.27. The van der Waals surface area contributed by atoms with Crippen molar-refractivity contribution in [3.05, 3.63) is 11.8 Å². The molecule has 3 aliphatic rings. The lowest BCUT2D eigenvalue weighted by Crippen LogP contribution is -2.57. The van der Waals surface area contributed by atoms with Crippen LogP contribution in [0, 0.1) is 18.3 Å². The molecule has 0 unspecified atom stereocenters. The van der Waals surface area contributed by atoms with Crippen molar-refractivity contribution in [3.8, 4) is 0 Å². The topological polar surface area (TPSA) is 54.0 Å². The summed E-state index contributed by atoms with van der Waals surface area (Å²) in [6.07, 6.45) is 6.91. The van der Waals surface area contributed by atoms with Crippen LogP contribution in [0.2, 0.25) is 0 Å². The summed E-state index contributed by atoms with van der Waals surface area (Å²) in [5.41, 5.74) is 1.33. The lowest BCUT2D eigenvalue weighted by molar-refractivity contribution is -0.0541. The molecule has 7 nitrogen and oxygen atoms in total. The fourth-order valence-corrected chi connectivity index (χ4v) is 5.75. The van der Waals surface area contributed by atoms with Crippen LogP contribution in [0.15, 0.2) is 6.20 Å². The van der Waals surface area contributed by atoms with Gasteiger partial charge in [-0.1, -0.05) is 0 Å². The van der Waals surface area contributed by atoms with Crippen molar-refractivity contribution in [2.24, 2.45) is 11.3 Å². The van der Waals surface area contributed by atoms with Gasteiger partial charge < -0.3 is 19.3 Å². The van der Waals surface area contributed by atoms with Gasteiger partial charge in [-0.15, -0.1) is 0 Å². The highest BCUT2D eigenvalue weighted by molar-refractivity contribution is 5.48. The lowest BCUT2D eigenvalue weighted by Gasteiger charge is -2.54. The first-order valence-corrected chi connectivity index (χ1v) is 11.1. The van der Waals surface area contributed by atoms with E-state index in [1.807, 2.05) is 27.4 Å². The average molecular weight is 404 g/mol. The molecule has 4 rings (SSSR count). The number of fused-ring (bicyclic) bond motifs is 1. The molecule has 29 heavy (non-hydrogen) atoms. The van der Waals surface area contributed by atoms with Crippen molar-refractivity contribution in [1.29, 1.82) is 0 Å². The highest BCUT2D eigenvalue weighted by atomic mass is 16.5. The summed E-state index contributed by atoms with van der Waals surface area (Å²) >= 11 is 0. The number of piperidine rings is 1. The first-order valence-electron chi connectivity index (χ1n) is 11.1. The summed E-state index contributed by atoms with van der Waals surface area (Å²) in [6, 6.07) is 0.705. The molecule has 0 amide bonds. The Morgan fingerprint density at radius 2 is 2.03 bits per heavy atom. The standard InChI is InChI=1S/C22H37N5O2/c1-17-14-23-21(24-20(17)25(2)3)27-8-6-18-13-19(26-9-11-29-12-10-26)5-7-22(18,15-27)16-28-4/h14,18-19H,5-13,15-16H2,1-4H3/t18-,19-,22+/m0/s1. The van der Waals surface area contributed by atoms with Crippen molar-refractivity contribution < 1.29 is 9.47 Å². The van der Waals surface area contributed by atoms with E-state index in [4.69, 9.17) is 14.5 Å². The number of hydrogen-bond acceptors (Lipinski definition) is 7. The third-order valence-corrected chi connectivity index (χ3v) is 7.28. The third-order valence-electron chi connectivity index (χ3n) is 7.28. The Morgan fingerprint density at radius 1 is 1.24 bits per heavy atom. The number of nitrogens with zero attached hydrogens (tertiary/aromatic N) is 5. The molecule has 2 saturated heterocycles. The Hall–Kier alpha value is -1.44. The van der Waals surface area contributed by atoms with Gasteiger partial charge in [-0.3, -0.25) is 4.90 Å². The third kappa shape index (κ3) is 4.23. The van der Waals surface area contributed by atoms with E-state index in [0.29, 0.717) is 12.0 Å². The molecule has 3 atom stereocenters. The van der Waals surface area contributed by atoms with Crippen LogP contribution in [0.4, 0.5) is 11.8 Å². The normalized spacial score (nSPS) is 30.8. The predicted molar refractivity (Wildman–Crippen MR) is 116 cm³/mol. The number of ether oxygens (including phenoxy) is 2. The number of methoxy groups -OCH3 is 1. The molecule has 0 spiro atoms. The average Bonchev–Trinajstić information content (AvgIpc) is 2.74. The first kappa shape index (κ1) is 20.8. The van der Waals surface area contributed by atoms with Crippen molar-refractivity contribution in [2.75, 3.05) is 77.0 Å². The Labute approximate surface area is 175 Å². The fraction of sp³-hybridized carbons (Fsp3) is 0.818. The Morgan fingerprint density at radius 3 is 2.76 bits per heavy atom. The second kappa shape index (κ2) is 8.74. The number of aromatic nitrogens is 2. The van der Waals surface area contributed by atoms with Gasteiger partial charge in [0.05, 0.1) is 19.8 Å². The van der Waals surface area contributed by atoms with E-state index in [1.54, 1.807) is 0 Å². The summed E-state index contributed by atoms with van der Waals surface area (Å²) in [6.45, 7) is 8.88. The molecule has 3 heterocycles. The second-order valence-corrected chi connectivity index (χ2v) is 9.35. The minimum Gasteiger partial charge on any atom is -0.384 e. The zero-order chi connectivity index (χ0) is 20.4. The number of morpholine rings is 1. The highest BCUT2D eigenvalue weighted by Gasteiger charge is 2.48. The van der Waals surface area contributed by atoms with Crippen LogP contribution in [0.3, 0.4) is 0 Å². The van der Waals surface area contributed by atoms with Crippen molar-refractivity contribution in [3.63, 3.8) is 0 Å². The number of rotatable bonds is 5. The SMILES string of the molecule is COC[C@]12CC[C@H](N3CCOCC3)C[C@@H]1CCN(c1ncc(C)c(N(C)C)n1)C2. The molecule has 0 bridgehead atoms. The molecule has 1 aliphatic carbocycles. The van der Waals surface area contributed by atoms with E-state index in [9.17, 15) is 0 Å². The van der Waals surface area contributed by atoms with E-state index in [2.05, 4.69) is 26.6 Å². The quantitative estimate of drug-likeness (QED) is 0.747. The monoisotopic (exact) mass is 403 g/mol. The molecule has 7 heteroatoms. The van der Waals surface area contributed by atoms with Crippen LogP contribution in [0.25, 0.3) is 0 Å². The van der Waals surface area contributed by atoms with E-state index in [-0.39, 0.29) is 5.41 Å². The zero-order valence-electron chi connectivity index (χ0n) is 18.6. The smallest absolute Gasteiger partial charge is 0.227 e. The van der Waals surface area contributed by atoms with Crippen molar-refractivity contribution in [2.45, 2.75) is 38.6 Å². The maximum atomic E-state index is 5.78. The minimum atomic E-state index is 0.211. The van der Waals surface area contributed by atoms with Crippen LogP contribution in [0.1, 0.15) is 31.2 Å². The van der Waals surface area contributed by atoms with Gasteiger partial charge in [0.15, 0.2) is 0 Å². The van der Waals surface area contributed by atoms with Crippen LogP contribution in [-0.4, -0.2) is 88.1 Å². The van der Waals surface area contributed by atoms with Gasteiger partial charge in [-0.2, -0.15) is 4.98 Å². The van der Waals surface area contributed by atoms with E-state index in [0.717, 1.165) is 63.3 Å². The largest absolute Gasteiger partial charge is 0.384 e. The van der Waals surface area contributed by atoms with Gasteiger partial charge in [-0.25, -0.2) is 4.98 Å². The van der Waals surface area contributed by atoms with E-state index >= 15 is 0 Å². The number of hydrogen-bond donors (Lipinski definition) is 0. The van der Waals surface area contributed by atoms with E-state index in [1.165, 1.54) is 25.7 Å². The van der Waals surface area contributed by atoms with Gasteiger partial charge in [0, 0.05) is 70.6 Å². The molecular weight excluding hydrogens is 366 g/mol. The maximum Gasteiger partial charge on any atom is 0.227 e. The number of anilines is 2. The van der Waals surface area contributed by atoms with Crippen LogP contribution in [-0.2, 0) is 9.47 Å². The molecule has 1 saturated carbocycles. The summed E-state index contributed by atoms with van der Waals surface area (Å²) in [4.78, 5) is 16.7. The highest BCUT2D eigenvalue weighted by Crippen LogP contribution is 2.48. The molecule has 162 valence electrons. The fourth-order valence-electron chi connectivity index (χ4n) is 5.75. The Bertz CT molecular complexity index is 694. The van der Waals surface area contributed by atoms with Crippen molar-refractivity contribution in [1.82, 2.24) is 14.9 Å². The molecule has 1 aromatic rings. The van der Waals surface area contributed by atoms with Gasteiger partial charge in [0.2, 0.25) is 5.95 Å². The summed E-state index contributed by atoms with van der Waals surface area (Å²) in [5, 5.41) is 0.